The van der Waals surface area contributed by atoms with Crippen LogP contribution in [0.5, 0.6) is 5.75 Å². The molecule has 3 aromatic carbocycles. The minimum absolute atomic E-state index is 0.0768. The molecule has 0 saturated heterocycles. The maximum atomic E-state index is 13.6. The van der Waals surface area contributed by atoms with Crippen molar-refractivity contribution in [1.82, 2.24) is 4.90 Å². The summed E-state index contributed by atoms with van der Waals surface area (Å²) in [5, 5.41) is 2.89. The van der Waals surface area contributed by atoms with Crippen molar-refractivity contribution < 1.29 is 14.3 Å². The van der Waals surface area contributed by atoms with Gasteiger partial charge in [0.15, 0.2) is 6.61 Å². The first kappa shape index (κ1) is 24.1. The van der Waals surface area contributed by atoms with Gasteiger partial charge in [-0.2, -0.15) is 0 Å². The maximum Gasteiger partial charge on any atom is 0.262 e. The van der Waals surface area contributed by atoms with Gasteiger partial charge < -0.3 is 15.0 Å². The van der Waals surface area contributed by atoms with Crippen LogP contribution < -0.4 is 10.1 Å². The molecule has 5 heteroatoms. The van der Waals surface area contributed by atoms with Gasteiger partial charge in [-0.3, -0.25) is 9.59 Å². The van der Waals surface area contributed by atoms with E-state index in [1.165, 1.54) is 11.1 Å². The Balaban J connectivity index is 1.39. The third kappa shape index (κ3) is 5.30. The summed E-state index contributed by atoms with van der Waals surface area (Å²) in [6.45, 7) is 4.72. The molecule has 1 aliphatic heterocycles. The molecule has 3 aromatic rings. The zero-order valence-corrected chi connectivity index (χ0v) is 21.1. The van der Waals surface area contributed by atoms with Crippen LogP contribution in [0.15, 0.2) is 66.7 Å². The van der Waals surface area contributed by atoms with Crippen LogP contribution >= 0.6 is 0 Å². The summed E-state index contributed by atoms with van der Waals surface area (Å²) in [5.74, 6) is 0.838. The van der Waals surface area contributed by atoms with Crippen molar-refractivity contribution in [2.45, 2.75) is 52.0 Å². The Labute approximate surface area is 213 Å². The molecule has 1 atom stereocenters. The lowest BCUT2D eigenvalue weighted by Gasteiger charge is -2.39. The van der Waals surface area contributed by atoms with E-state index in [-0.39, 0.29) is 30.4 Å². The molecule has 0 aromatic heterocycles. The van der Waals surface area contributed by atoms with Crippen molar-refractivity contribution in [3.63, 3.8) is 0 Å². The molecule has 2 amide bonds. The van der Waals surface area contributed by atoms with Crippen molar-refractivity contribution in [1.29, 1.82) is 0 Å². The lowest BCUT2D eigenvalue weighted by atomic mass is 9.86. The van der Waals surface area contributed by atoms with Crippen molar-refractivity contribution in [2.24, 2.45) is 5.92 Å². The molecule has 2 aliphatic rings. The number of nitrogens with one attached hydrogen (secondary N) is 1. The van der Waals surface area contributed by atoms with E-state index in [4.69, 9.17) is 4.74 Å². The fourth-order valence-corrected chi connectivity index (χ4v) is 5.60. The number of fused-ring (bicyclic) bond motifs is 1. The van der Waals surface area contributed by atoms with Crippen LogP contribution in [-0.2, 0) is 16.0 Å². The monoisotopic (exact) mass is 482 g/mol. The molecule has 1 unspecified atom stereocenters. The molecule has 1 N–H and O–H groups in total. The number of hydrogen-bond donors (Lipinski definition) is 1. The summed E-state index contributed by atoms with van der Waals surface area (Å²) in [7, 11) is 0. The SMILES string of the molecule is Cc1cccc(NC(=O)COc2ccc3c(c2)C(c2cccc(C)c2)N(C(=O)C2CCCC2)CC3)c1. The fraction of sp³-hybridized carbons (Fsp3) is 0.355. The highest BCUT2D eigenvalue weighted by molar-refractivity contribution is 5.92. The normalized spacial score (nSPS) is 17.5. The molecule has 0 radical (unpaired) electrons. The largest absolute Gasteiger partial charge is 0.484 e. The summed E-state index contributed by atoms with van der Waals surface area (Å²) >= 11 is 0. The molecular formula is C31H34N2O3. The highest BCUT2D eigenvalue weighted by Gasteiger charge is 2.36. The summed E-state index contributed by atoms with van der Waals surface area (Å²) in [6, 6.07) is 22.0. The molecule has 1 saturated carbocycles. The van der Waals surface area contributed by atoms with Crippen LogP contribution in [0.4, 0.5) is 5.69 Å². The minimum atomic E-state index is -0.202. The van der Waals surface area contributed by atoms with Gasteiger partial charge in [0, 0.05) is 18.2 Å². The Hall–Kier alpha value is -3.60. The van der Waals surface area contributed by atoms with Crippen LogP contribution in [0.1, 0.15) is 59.5 Å². The number of hydrogen-bond acceptors (Lipinski definition) is 3. The zero-order chi connectivity index (χ0) is 25.1. The number of rotatable bonds is 6. The number of amides is 2. The van der Waals surface area contributed by atoms with Crippen molar-refractivity contribution in [3.05, 3.63) is 94.5 Å². The number of carbonyl (C=O) groups excluding carboxylic acids is 2. The van der Waals surface area contributed by atoms with E-state index in [1.54, 1.807) is 0 Å². The van der Waals surface area contributed by atoms with E-state index >= 15 is 0 Å². The predicted octanol–water partition coefficient (Wildman–Crippen LogP) is 5.99. The molecule has 186 valence electrons. The Kier molecular flexibility index (Phi) is 7.08. The zero-order valence-electron chi connectivity index (χ0n) is 21.1. The molecule has 1 heterocycles. The first-order valence-electron chi connectivity index (χ1n) is 13.0. The Morgan fingerprint density at radius 1 is 0.944 bits per heavy atom. The average Bonchev–Trinajstić information content (AvgIpc) is 3.41. The summed E-state index contributed by atoms with van der Waals surface area (Å²) in [4.78, 5) is 28.2. The van der Waals surface area contributed by atoms with Gasteiger partial charge in [0.2, 0.25) is 5.91 Å². The van der Waals surface area contributed by atoms with E-state index < -0.39 is 0 Å². The standard InChI is InChI=1S/C31H34N2O3/c1-21-7-5-11-25(17-21)30-28-19-27(36-20-29(34)32-26-12-6-8-22(2)18-26)14-13-23(28)15-16-33(30)31(35)24-9-3-4-10-24/h5-8,11-14,17-19,24,30H,3-4,9-10,15-16,20H2,1-2H3,(H,32,34). The summed E-state index contributed by atoms with van der Waals surface area (Å²) in [6.07, 6.45) is 5.07. The predicted molar refractivity (Wildman–Crippen MR) is 142 cm³/mol. The van der Waals surface area contributed by atoms with E-state index in [0.717, 1.165) is 61.0 Å². The second-order valence-electron chi connectivity index (χ2n) is 10.1. The second kappa shape index (κ2) is 10.6. The van der Waals surface area contributed by atoms with Crippen LogP contribution in [0.2, 0.25) is 0 Å². The molecule has 36 heavy (non-hydrogen) atoms. The molecule has 0 spiro atoms. The van der Waals surface area contributed by atoms with E-state index in [1.807, 2.05) is 43.3 Å². The highest BCUT2D eigenvalue weighted by atomic mass is 16.5. The number of nitrogens with zero attached hydrogens (tertiary/aromatic N) is 1. The average molecular weight is 483 g/mol. The van der Waals surface area contributed by atoms with Gasteiger partial charge in [-0.25, -0.2) is 0 Å². The number of aryl methyl sites for hydroxylation is 2. The minimum Gasteiger partial charge on any atom is -0.484 e. The number of carbonyl (C=O) groups is 2. The van der Waals surface area contributed by atoms with Gasteiger partial charge in [-0.05, 0) is 79.6 Å². The van der Waals surface area contributed by atoms with Crippen molar-refractivity contribution >= 4 is 17.5 Å². The number of anilines is 1. The van der Waals surface area contributed by atoms with E-state index in [2.05, 4.69) is 47.5 Å². The molecule has 0 bridgehead atoms. The topological polar surface area (TPSA) is 58.6 Å². The molecule has 1 fully saturated rings. The summed E-state index contributed by atoms with van der Waals surface area (Å²) in [5.41, 5.74) is 6.46. The number of ether oxygens (including phenoxy) is 1. The van der Waals surface area contributed by atoms with Gasteiger partial charge in [0.25, 0.3) is 5.91 Å². The maximum absolute atomic E-state index is 13.6. The lowest BCUT2D eigenvalue weighted by Crippen LogP contribution is -2.43. The Bertz CT molecular complexity index is 1260. The lowest BCUT2D eigenvalue weighted by molar-refractivity contribution is -0.137. The molecular weight excluding hydrogens is 448 g/mol. The Morgan fingerprint density at radius 3 is 2.44 bits per heavy atom. The van der Waals surface area contributed by atoms with Crippen LogP contribution in [0, 0.1) is 19.8 Å². The Morgan fingerprint density at radius 2 is 1.69 bits per heavy atom. The van der Waals surface area contributed by atoms with Gasteiger partial charge >= 0.3 is 0 Å². The van der Waals surface area contributed by atoms with Crippen LogP contribution in [-0.4, -0.2) is 29.9 Å². The second-order valence-corrected chi connectivity index (χ2v) is 10.1. The summed E-state index contributed by atoms with van der Waals surface area (Å²) < 4.78 is 5.92. The molecule has 5 nitrogen and oxygen atoms in total. The van der Waals surface area contributed by atoms with E-state index in [0.29, 0.717) is 5.75 Å². The first-order chi connectivity index (χ1) is 17.5. The smallest absolute Gasteiger partial charge is 0.262 e. The van der Waals surface area contributed by atoms with Gasteiger partial charge in [0.05, 0.1) is 6.04 Å². The third-order valence-corrected chi connectivity index (χ3v) is 7.36. The molecule has 5 rings (SSSR count). The van der Waals surface area contributed by atoms with Crippen molar-refractivity contribution in [2.75, 3.05) is 18.5 Å². The third-order valence-electron chi connectivity index (χ3n) is 7.36. The van der Waals surface area contributed by atoms with E-state index in [9.17, 15) is 9.59 Å². The van der Waals surface area contributed by atoms with Gasteiger partial charge in [-0.1, -0.05) is 60.9 Å². The fourth-order valence-electron chi connectivity index (χ4n) is 5.60. The van der Waals surface area contributed by atoms with Gasteiger partial charge in [-0.15, -0.1) is 0 Å². The van der Waals surface area contributed by atoms with Crippen molar-refractivity contribution in [3.8, 4) is 5.75 Å². The first-order valence-corrected chi connectivity index (χ1v) is 13.0. The quantitative estimate of drug-likeness (QED) is 0.470. The molecule has 1 aliphatic carbocycles. The highest BCUT2D eigenvalue weighted by Crippen LogP contribution is 2.40. The van der Waals surface area contributed by atoms with Crippen LogP contribution in [0.25, 0.3) is 0 Å². The van der Waals surface area contributed by atoms with Gasteiger partial charge in [0.1, 0.15) is 5.75 Å². The number of benzene rings is 3. The van der Waals surface area contributed by atoms with Crippen LogP contribution in [0.3, 0.4) is 0 Å².